The molecule has 1 aromatic rings. The van der Waals surface area contributed by atoms with Crippen LogP contribution >= 0.6 is 10.8 Å². The second-order valence-electron chi connectivity index (χ2n) is 6.36. The zero-order valence-electron chi connectivity index (χ0n) is 15.0. The fraction of sp³-hybridized carbons (Fsp3) is 0.533. The molecule has 0 radical (unpaired) electrons. The lowest BCUT2D eigenvalue weighted by molar-refractivity contribution is 0.0627. The van der Waals surface area contributed by atoms with E-state index in [2.05, 4.69) is 4.90 Å². The molecule has 1 aromatic carbocycles. The van der Waals surface area contributed by atoms with Gasteiger partial charge in [-0.2, -0.15) is 0 Å². The van der Waals surface area contributed by atoms with E-state index in [1.807, 2.05) is 11.9 Å². The SMILES string of the molecule is CN1CCC(N(C)C(=O)ONS(O)(O)c2ccccc2S(C)(=O)=O)CC1. The first-order valence-electron chi connectivity index (χ1n) is 7.98. The average molecular weight is 408 g/mol. The summed E-state index contributed by atoms with van der Waals surface area (Å²) in [6.45, 7) is 1.71. The summed E-state index contributed by atoms with van der Waals surface area (Å²) in [6, 6.07) is 5.44. The maximum atomic E-state index is 12.2. The van der Waals surface area contributed by atoms with Gasteiger partial charge in [0.15, 0.2) is 9.84 Å². The van der Waals surface area contributed by atoms with Gasteiger partial charge in [0, 0.05) is 19.3 Å². The van der Waals surface area contributed by atoms with Gasteiger partial charge in [-0.1, -0.05) is 22.9 Å². The van der Waals surface area contributed by atoms with Gasteiger partial charge in [0.05, 0.1) is 9.79 Å². The molecule has 26 heavy (non-hydrogen) atoms. The highest BCUT2D eigenvalue weighted by molar-refractivity contribution is 8.22. The molecular formula is C15H25N3O6S2. The molecule has 2 rings (SSSR count). The molecule has 1 aliphatic rings. The first kappa shape index (κ1) is 20.9. The van der Waals surface area contributed by atoms with Crippen molar-refractivity contribution in [3.05, 3.63) is 24.3 Å². The van der Waals surface area contributed by atoms with Crippen LogP contribution in [0.4, 0.5) is 4.79 Å². The van der Waals surface area contributed by atoms with Gasteiger partial charge in [-0.25, -0.2) is 13.2 Å². The summed E-state index contributed by atoms with van der Waals surface area (Å²) in [5.41, 5.74) is 0. The summed E-state index contributed by atoms with van der Waals surface area (Å²) in [5, 5.41) is 0. The number of nitrogens with zero attached hydrogens (tertiary/aromatic N) is 2. The van der Waals surface area contributed by atoms with Crippen LogP contribution in [0.5, 0.6) is 0 Å². The second-order valence-corrected chi connectivity index (χ2v) is 10.1. The summed E-state index contributed by atoms with van der Waals surface area (Å²) in [5.74, 6) is 0. The number of likely N-dealkylation sites (tertiary alicyclic amines) is 1. The van der Waals surface area contributed by atoms with Gasteiger partial charge in [-0.3, -0.25) is 9.11 Å². The summed E-state index contributed by atoms with van der Waals surface area (Å²) < 4.78 is 44.2. The van der Waals surface area contributed by atoms with Crippen LogP contribution in [0.1, 0.15) is 12.8 Å². The molecule has 0 spiro atoms. The molecule has 1 fully saturated rings. The number of hydrogen-bond donors (Lipinski definition) is 3. The molecule has 0 aliphatic carbocycles. The van der Waals surface area contributed by atoms with Gasteiger partial charge in [0.2, 0.25) is 0 Å². The molecule has 0 unspecified atom stereocenters. The van der Waals surface area contributed by atoms with Crippen molar-refractivity contribution in [3.8, 4) is 0 Å². The maximum absolute atomic E-state index is 12.2. The van der Waals surface area contributed by atoms with Crippen LogP contribution in [0, 0.1) is 0 Å². The Bertz CT molecular complexity index is 748. The number of amides is 1. The summed E-state index contributed by atoms with van der Waals surface area (Å²) in [4.78, 5) is 22.0. The minimum absolute atomic E-state index is 0.00871. The Morgan fingerprint density at radius 3 is 2.31 bits per heavy atom. The van der Waals surface area contributed by atoms with Crippen molar-refractivity contribution in [1.29, 1.82) is 0 Å². The third kappa shape index (κ3) is 5.09. The van der Waals surface area contributed by atoms with E-state index < -0.39 is 26.7 Å². The van der Waals surface area contributed by atoms with Gasteiger partial charge >= 0.3 is 6.09 Å². The van der Waals surface area contributed by atoms with E-state index >= 15 is 0 Å². The monoisotopic (exact) mass is 407 g/mol. The highest BCUT2D eigenvalue weighted by Crippen LogP contribution is 2.47. The van der Waals surface area contributed by atoms with Gasteiger partial charge in [-0.15, -0.1) is 0 Å². The van der Waals surface area contributed by atoms with Crippen molar-refractivity contribution < 1.29 is 27.2 Å². The van der Waals surface area contributed by atoms with Gasteiger partial charge in [-0.05, 0) is 50.0 Å². The van der Waals surface area contributed by atoms with Crippen LogP contribution < -0.4 is 4.89 Å². The summed E-state index contributed by atoms with van der Waals surface area (Å²) in [6.07, 6.45) is 1.77. The number of carbonyl (C=O) groups excluding carboxylic acids is 1. The van der Waals surface area contributed by atoms with Crippen LogP contribution in [-0.4, -0.2) is 72.9 Å². The quantitative estimate of drug-likeness (QED) is 0.632. The van der Waals surface area contributed by atoms with Crippen LogP contribution in [0.25, 0.3) is 0 Å². The van der Waals surface area contributed by atoms with E-state index in [9.17, 15) is 22.3 Å². The number of benzene rings is 1. The lowest BCUT2D eigenvalue weighted by Crippen LogP contribution is -2.45. The molecule has 0 aromatic heterocycles. The molecule has 1 saturated heterocycles. The third-order valence-electron chi connectivity index (χ3n) is 4.32. The Morgan fingerprint density at radius 1 is 1.23 bits per heavy atom. The average Bonchev–Trinajstić information content (AvgIpc) is 2.59. The second kappa shape index (κ2) is 8.11. The van der Waals surface area contributed by atoms with E-state index in [4.69, 9.17) is 4.84 Å². The molecule has 0 bridgehead atoms. The number of hydrogen-bond acceptors (Lipinski definition) is 8. The predicted molar refractivity (Wildman–Crippen MR) is 98.6 cm³/mol. The number of rotatable bonds is 5. The summed E-state index contributed by atoms with van der Waals surface area (Å²) >= 11 is 0. The molecule has 0 saturated carbocycles. The zero-order valence-corrected chi connectivity index (χ0v) is 16.6. The Hall–Kier alpha value is -1.37. The van der Waals surface area contributed by atoms with Crippen molar-refractivity contribution in [3.63, 3.8) is 0 Å². The molecule has 11 heteroatoms. The van der Waals surface area contributed by atoms with Crippen molar-refractivity contribution in [2.45, 2.75) is 28.7 Å². The van der Waals surface area contributed by atoms with Crippen molar-refractivity contribution in [1.82, 2.24) is 14.7 Å². The van der Waals surface area contributed by atoms with Crippen LogP contribution in [0.15, 0.2) is 34.1 Å². The Kier molecular flexibility index (Phi) is 6.53. The summed E-state index contributed by atoms with van der Waals surface area (Å²) in [7, 11) is -3.95. The molecular weight excluding hydrogens is 382 g/mol. The third-order valence-corrected chi connectivity index (χ3v) is 6.89. The zero-order chi connectivity index (χ0) is 19.5. The number of carbonyl (C=O) groups is 1. The lowest BCUT2D eigenvalue weighted by atomic mass is 10.0. The number of piperidine rings is 1. The largest absolute Gasteiger partial charge is 0.430 e. The Balaban J connectivity index is 2.05. The molecule has 1 amide bonds. The van der Waals surface area contributed by atoms with Gasteiger partial charge in [0.25, 0.3) is 0 Å². The van der Waals surface area contributed by atoms with Gasteiger partial charge < -0.3 is 14.6 Å². The minimum Gasteiger partial charge on any atom is -0.333 e. The van der Waals surface area contributed by atoms with E-state index in [1.54, 1.807) is 7.05 Å². The van der Waals surface area contributed by atoms with Crippen LogP contribution in [0.3, 0.4) is 0 Å². The predicted octanol–water partition coefficient (Wildman–Crippen LogP) is 1.78. The molecule has 1 aliphatic heterocycles. The van der Waals surface area contributed by atoms with Crippen molar-refractivity contribution in [2.75, 3.05) is 33.4 Å². The van der Waals surface area contributed by atoms with Crippen LogP contribution in [0.2, 0.25) is 0 Å². The van der Waals surface area contributed by atoms with Crippen LogP contribution in [-0.2, 0) is 14.7 Å². The van der Waals surface area contributed by atoms with E-state index in [1.165, 1.54) is 29.2 Å². The fourth-order valence-corrected chi connectivity index (χ4v) is 5.19. The smallest absolute Gasteiger partial charge is 0.333 e. The topological polar surface area (TPSA) is 119 Å². The molecule has 148 valence electrons. The van der Waals surface area contributed by atoms with E-state index in [0.29, 0.717) is 0 Å². The normalized spacial score (nSPS) is 17.7. The molecule has 0 atom stereocenters. The number of nitrogens with one attached hydrogen (secondary N) is 1. The standard InChI is InChI=1S/C15H25N3O6S2/c1-17-10-8-12(9-11-17)18(2)15(19)24-16-26(22,23)14-7-5-4-6-13(14)25(3,20)21/h4-7,12,16,22-23H,8-11H2,1-3H3. The first-order chi connectivity index (χ1) is 12.0. The van der Waals surface area contributed by atoms with Crippen molar-refractivity contribution in [2.24, 2.45) is 0 Å². The molecule has 9 nitrogen and oxygen atoms in total. The van der Waals surface area contributed by atoms with E-state index in [-0.39, 0.29) is 15.8 Å². The maximum Gasteiger partial charge on any atom is 0.430 e. The molecule has 1 heterocycles. The highest BCUT2D eigenvalue weighted by atomic mass is 32.3. The first-order valence-corrected chi connectivity index (χ1v) is 11.4. The fourth-order valence-electron chi connectivity index (χ4n) is 2.73. The molecule has 3 N–H and O–H groups in total. The Morgan fingerprint density at radius 2 is 1.77 bits per heavy atom. The highest BCUT2D eigenvalue weighted by Gasteiger charge is 2.29. The van der Waals surface area contributed by atoms with Gasteiger partial charge in [0.1, 0.15) is 0 Å². The van der Waals surface area contributed by atoms with E-state index in [0.717, 1.165) is 32.2 Å². The number of sulfone groups is 1. The minimum atomic E-state index is -3.85. The Labute approximate surface area is 155 Å². The lowest BCUT2D eigenvalue weighted by Gasteiger charge is -2.36. The van der Waals surface area contributed by atoms with Crippen molar-refractivity contribution >= 4 is 26.7 Å².